The lowest BCUT2D eigenvalue weighted by Crippen LogP contribution is -2.43. The number of anilines is 1. The van der Waals surface area contributed by atoms with Gasteiger partial charge in [-0.25, -0.2) is 0 Å². The number of phenols is 1. The summed E-state index contributed by atoms with van der Waals surface area (Å²) in [5.74, 6) is 1.30. The molecule has 1 saturated heterocycles. The van der Waals surface area contributed by atoms with Crippen molar-refractivity contribution in [2.24, 2.45) is 5.73 Å². The number of rotatable bonds is 2. The summed E-state index contributed by atoms with van der Waals surface area (Å²) in [6.45, 7) is 1.66. The highest BCUT2D eigenvalue weighted by atomic mass is 35.5. The number of aromatic hydroxyl groups is 1. The highest BCUT2D eigenvalue weighted by molar-refractivity contribution is 6.33. The molecule has 0 amide bonds. The van der Waals surface area contributed by atoms with Crippen LogP contribution in [0.5, 0.6) is 5.75 Å². The molecule has 1 unspecified atom stereocenters. The van der Waals surface area contributed by atoms with Gasteiger partial charge in [-0.1, -0.05) is 11.6 Å². The summed E-state index contributed by atoms with van der Waals surface area (Å²) < 4.78 is 0. The normalized spacial score (nSPS) is 19.3. The van der Waals surface area contributed by atoms with Crippen LogP contribution in [0.25, 0.3) is 11.4 Å². The predicted octanol–water partition coefficient (Wildman–Crippen LogP) is 1.76. The van der Waals surface area contributed by atoms with Crippen LogP contribution in [-0.2, 0) is 0 Å². The van der Waals surface area contributed by atoms with Crippen LogP contribution < -0.4 is 10.6 Å². The number of hydrogen-bond acceptors (Lipinski definition) is 5. The van der Waals surface area contributed by atoms with Gasteiger partial charge in [0.15, 0.2) is 5.82 Å². The molecular weight excluding hydrogens is 278 g/mol. The first-order chi connectivity index (χ1) is 9.63. The second kappa shape index (κ2) is 5.30. The van der Waals surface area contributed by atoms with Crippen molar-refractivity contribution in [3.63, 3.8) is 0 Å². The van der Waals surface area contributed by atoms with Gasteiger partial charge in [-0.05, 0) is 31.0 Å². The van der Waals surface area contributed by atoms with Crippen molar-refractivity contribution >= 4 is 17.5 Å². The van der Waals surface area contributed by atoms with Gasteiger partial charge in [0.25, 0.3) is 0 Å². The average molecular weight is 294 g/mol. The van der Waals surface area contributed by atoms with Crippen LogP contribution in [0.15, 0.2) is 18.2 Å². The van der Waals surface area contributed by atoms with E-state index in [1.807, 2.05) is 0 Å². The van der Waals surface area contributed by atoms with E-state index in [2.05, 4.69) is 20.1 Å². The largest absolute Gasteiger partial charge is 0.508 e. The number of nitrogens with one attached hydrogen (secondary N) is 1. The van der Waals surface area contributed by atoms with Crippen LogP contribution in [0.1, 0.15) is 12.8 Å². The molecular formula is C13H16ClN5O. The molecule has 0 bridgehead atoms. The van der Waals surface area contributed by atoms with E-state index in [0.29, 0.717) is 22.4 Å². The minimum absolute atomic E-state index is 0.141. The van der Waals surface area contributed by atoms with E-state index in [4.69, 9.17) is 17.3 Å². The van der Waals surface area contributed by atoms with E-state index < -0.39 is 0 Å². The smallest absolute Gasteiger partial charge is 0.245 e. The van der Waals surface area contributed by atoms with E-state index in [-0.39, 0.29) is 11.8 Å². The molecule has 1 fully saturated rings. The lowest BCUT2D eigenvalue weighted by atomic mass is 10.1. The molecule has 6 nitrogen and oxygen atoms in total. The van der Waals surface area contributed by atoms with Crippen LogP contribution in [-0.4, -0.2) is 39.4 Å². The molecule has 2 aromatic rings. The van der Waals surface area contributed by atoms with Crippen molar-refractivity contribution in [1.82, 2.24) is 15.2 Å². The Kier molecular flexibility index (Phi) is 3.50. The lowest BCUT2D eigenvalue weighted by molar-refractivity contribution is 0.475. The minimum atomic E-state index is 0.141. The van der Waals surface area contributed by atoms with Gasteiger partial charge in [0.2, 0.25) is 5.95 Å². The molecule has 1 aliphatic rings. The molecule has 0 saturated carbocycles. The fourth-order valence-electron chi connectivity index (χ4n) is 2.40. The number of piperidine rings is 1. The quantitative estimate of drug-likeness (QED) is 0.785. The minimum Gasteiger partial charge on any atom is -0.508 e. The molecule has 106 valence electrons. The highest BCUT2D eigenvalue weighted by Crippen LogP contribution is 2.29. The zero-order chi connectivity index (χ0) is 14.1. The van der Waals surface area contributed by atoms with Crippen molar-refractivity contribution in [2.75, 3.05) is 18.0 Å². The fourth-order valence-corrected chi connectivity index (χ4v) is 2.61. The Morgan fingerprint density at radius 2 is 2.30 bits per heavy atom. The van der Waals surface area contributed by atoms with E-state index in [1.165, 1.54) is 6.07 Å². The lowest BCUT2D eigenvalue weighted by Gasteiger charge is -2.29. The summed E-state index contributed by atoms with van der Waals surface area (Å²) in [5.41, 5.74) is 6.59. The average Bonchev–Trinajstić information content (AvgIpc) is 2.91. The number of nitrogens with two attached hydrogens (primary N) is 1. The van der Waals surface area contributed by atoms with Crippen molar-refractivity contribution in [1.29, 1.82) is 0 Å². The maximum Gasteiger partial charge on any atom is 0.245 e. The molecule has 4 N–H and O–H groups in total. The molecule has 0 spiro atoms. The van der Waals surface area contributed by atoms with Gasteiger partial charge in [0.05, 0.1) is 5.02 Å². The number of H-pyrrole nitrogens is 1. The Morgan fingerprint density at radius 1 is 1.45 bits per heavy atom. The van der Waals surface area contributed by atoms with Crippen LogP contribution in [0.3, 0.4) is 0 Å². The maximum absolute atomic E-state index is 9.54. The third kappa shape index (κ3) is 2.57. The number of hydrogen-bond donors (Lipinski definition) is 3. The number of halogens is 1. The summed E-state index contributed by atoms with van der Waals surface area (Å²) in [7, 11) is 0. The van der Waals surface area contributed by atoms with Crippen molar-refractivity contribution in [3.8, 4) is 17.1 Å². The van der Waals surface area contributed by atoms with Crippen LogP contribution >= 0.6 is 11.6 Å². The van der Waals surface area contributed by atoms with Gasteiger partial charge < -0.3 is 15.7 Å². The monoisotopic (exact) mass is 293 g/mol. The topological polar surface area (TPSA) is 91.1 Å². The van der Waals surface area contributed by atoms with E-state index in [9.17, 15) is 5.11 Å². The first kappa shape index (κ1) is 13.2. The summed E-state index contributed by atoms with van der Waals surface area (Å²) in [5, 5.41) is 17.1. The van der Waals surface area contributed by atoms with Gasteiger partial charge in [-0.2, -0.15) is 4.98 Å². The summed E-state index contributed by atoms with van der Waals surface area (Å²) in [4.78, 5) is 6.51. The number of benzene rings is 1. The number of nitrogens with zero attached hydrogens (tertiary/aromatic N) is 3. The van der Waals surface area contributed by atoms with Gasteiger partial charge in [-0.15, -0.1) is 5.10 Å². The maximum atomic E-state index is 9.54. The third-order valence-electron chi connectivity index (χ3n) is 3.42. The highest BCUT2D eigenvalue weighted by Gasteiger charge is 2.20. The second-order valence-electron chi connectivity index (χ2n) is 5.00. The molecule has 1 aliphatic heterocycles. The molecule has 0 aliphatic carbocycles. The van der Waals surface area contributed by atoms with Gasteiger partial charge in [0, 0.05) is 24.7 Å². The van der Waals surface area contributed by atoms with Crippen LogP contribution in [0.4, 0.5) is 5.95 Å². The first-order valence-corrected chi connectivity index (χ1v) is 6.93. The van der Waals surface area contributed by atoms with Crippen LogP contribution in [0.2, 0.25) is 5.02 Å². The molecule has 2 heterocycles. The molecule has 20 heavy (non-hydrogen) atoms. The SMILES string of the molecule is NC1CCCN(c2n[nH]c(-c3cc(O)ccc3Cl)n2)C1. The molecule has 1 atom stereocenters. The Bertz CT molecular complexity index is 615. The molecule has 1 aromatic carbocycles. The fraction of sp³-hybridized carbons (Fsp3) is 0.385. The Morgan fingerprint density at radius 3 is 3.10 bits per heavy atom. The number of phenolic OH excluding ortho intramolecular Hbond substituents is 1. The zero-order valence-electron chi connectivity index (χ0n) is 10.9. The van der Waals surface area contributed by atoms with Gasteiger partial charge in [0.1, 0.15) is 5.75 Å². The Balaban J connectivity index is 1.88. The van der Waals surface area contributed by atoms with Crippen molar-refractivity contribution in [2.45, 2.75) is 18.9 Å². The first-order valence-electron chi connectivity index (χ1n) is 6.55. The van der Waals surface area contributed by atoms with E-state index in [0.717, 1.165) is 25.9 Å². The van der Waals surface area contributed by atoms with Crippen molar-refractivity contribution in [3.05, 3.63) is 23.2 Å². The standard InChI is InChI=1S/C13H16ClN5O/c14-11-4-3-9(20)6-10(11)12-16-13(18-17-12)19-5-1-2-8(15)7-19/h3-4,6,8,20H,1-2,5,7,15H2,(H,16,17,18). The van der Waals surface area contributed by atoms with E-state index in [1.54, 1.807) is 12.1 Å². The van der Waals surface area contributed by atoms with Gasteiger partial charge >= 0.3 is 0 Å². The summed E-state index contributed by atoms with van der Waals surface area (Å²) >= 11 is 6.12. The van der Waals surface area contributed by atoms with Crippen LogP contribution in [0, 0.1) is 0 Å². The Labute approximate surface area is 121 Å². The number of aromatic amines is 1. The molecule has 3 rings (SSSR count). The molecule has 0 radical (unpaired) electrons. The third-order valence-corrected chi connectivity index (χ3v) is 3.75. The van der Waals surface area contributed by atoms with E-state index >= 15 is 0 Å². The number of aromatic nitrogens is 3. The molecule has 7 heteroatoms. The summed E-state index contributed by atoms with van der Waals surface area (Å²) in [6, 6.07) is 4.89. The summed E-state index contributed by atoms with van der Waals surface area (Å²) in [6.07, 6.45) is 2.07. The molecule has 1 aromatic heterocycles. The zero-order valence-corrected chi connectivity index (χ0v) is 11.6. The van der Waals surface area contributed by atoms with Gasteiger partial charge in [-0.3, -0.25) is 5.10 Å². The van der Waals surface area contributed by atoms with Crippen molar-refractivity contribution < 1.29 is 5.11 Å². The second-order valence-corrected chi connectivity index (χ2v) is 5.40. The predicted molar refractivity (Wildman–Crippen MR) is 77.9 cm³/mol. The Hall–Kier alpha value is -1.79.